The summed E-state index contributed by atoms with van der Waals surface area (Å²) in [6.07, 6.45) is 4.90. The Balaban J connectivity index is 0.00000529. The number of rotatable bonds is 9. The number of guanidine groups is 1. The Labute approximate surface area is 167 Å². The number of aliphatic imine (C=N–C) groups is 1. The highest BCUT2D eigenvalue weighted by atomic mass is 127. The summed E-state index contributed by atoms with van der Waals surface area (Å²) in [6.45, 7) is 15.6. The van der Waals surface area contributed by atoms with E-state index < -0.39 is 0 Å². The van der Waals surface area contributed by atoms with Gasteiger partial charge in [-0.15, -0.1) is 24.0 Å². The topological polar surface area (TPSA) is 42.9 Å². The summed E-state index contributed by atoms with van der Waals surface area (Å²) in [7, 11) is 2.23. The normalized spacial score (nSPS) is 17.5. The molecular weight excluding hydrogens is 413 g/mol. The van der Waals surface area contributed by atoms with Gasteiger partial charge in [0.1, 0.15) is 0 Å². The summed E-state index contributed by atoms with van der Waals surface area (Å²) in [5.74, 6) is 1.69. The van der Waals surface area contributed by atoms with Crippen LogP contribution in [0.25, 0.3) is 0 Å². The maximum atomic E-state index is 4.74. The van der Waals surface area contributed by atoms with E-state index in [0.29, 0.717) is 5.92 Å². The molecule has 0 atom stereocenters. The summed E-state index contributed by atoms with van der Waals surface area (Å²) in [6, 6.07) is 0. The molecule has 144 valence electrons. The molecule has 5 nitrogen and oxygen atoms in total. The first-order chi connectivity index (χ1) is 11.2. The van der Waals surface area contributed by atoms with Crippen molar-refractivity contribution in [2.45, 2.75) is 46.5 Å². The van der Waals surface area contributed by atoms with Crippen molar-refractivity contribution < 1.29 is 0 Å². The Bertz CT molecular complexity index is 321. The highest BCUT2D eigenvalue weighted by Gasteiger charge is 2.11. The summed E-state index contributed by atoms with van der Waals surface area (Å²) in [5, 5.41) is 6.85. The molecule has 0 aromatic carbocycles. The first-order valence-corrected chi connectivity index (χ1v) is 9.62. The van der Waals surface area contributed by atoms with E-state index in [-0.39, 0.29) is 24.0 Å². The van der Waals surface area contributed by atoms with E-state index in [0.717, 1.165) is 25.6 Å². The van der Waals surface area contributed by atoms with Crippen LogP contribution in [0.4, 0.5) is 0 Å². The zero-order valence-corrected chi connectivity index (χ0v) is 18.6. The number of likely N-dealkylation sites (N-methyl/N-ethyl adjacent to an activating group) is 1. The lowest BCUT2D eigenvalue weighted by Crippen LogP contribution is -2.39. The monoisotopic (exact) mass is 453 g/mol. The Morgan fingerprint density at radius 2 is 1.79 bits per heavy atom. The van der Waals surface area contributed by atoms with Crippen LogP contribution in [-0.4, -0.2) is 75.2 Å². The predicted octanol–water partition coefficient (Wildman–Crippen LogP) is 2.62. The molecule has 1 rings (SSSR count). The number of nitrogens with zero attached hydrogens (tertiary/aromatic N) is 3. The SMILES string of the molecule is CCNC(=NCC(CC)CC)NCCCN1CCCN(C)CC1.I. The van der Waals surface area contributed by atoms with E-state index in [2.05, 4.69) is 48.3 Å². The zero-order valence-electron chi connectivity index (χ0n) is 16.3. The second-order valence-corrected chi connectivity index (χ2v) is 6.68. The van der Waals surface area contributed by atoms with E-state index in [1.54, 1.807) is 0 Å². The average Bonchev–Trinajstić information content (AvgIpc) is 2.76. The average molecular weight is 453 g/mol. The Hall–Kier alpha value is -0.0800. The van der Waals surface area contributed by atoms with Crippen molar-refractivity contribution in [2.24, 2.45) is 10.9 Å². The van der Waals surface area contributed by atoms with Crippen molar-refractivity contribution in [1.29, 1.82) is 0 Å². The maximum Gasteiger partial charge on any atom is 0.191 e. The van der Waals surface area contributed by atoms with E-state index in [1.807, 2.05) is 0 Å². The number of halogens is 1. The highest BCUT2D eigenvalue weighted by Crippen LogP contribution is 2.07. The second kappa shape index (κ2) is 15.2. The molecule has 6 heteroatoms. The second-order valence-electron chi connectivity index (χ2n) is 6.68. The third-order valence-corrected chi connectivity index (χ3v) is 4.76. The van der Waals surface area contributed by atoms with Gasteiger partial charge in [0.2, 0.25) is 0 Å². The fourth-order valence-corrected chi connectivity index (χ4v) is 2.94. The lowest BCUT2D eigenvalue weighted by atomic mass is 10.0. The van der Waals surface area contributed by atoms with Gasteiger partial charge in [-0.05, 0) is 52.4 Å². The van der Waals surface area contributed by atoms with Gasteiger partial charge in [-0.25, -0.2) is 0 Å². The molecule has 0 aliphatic carbocycles. The van der Waals surface area contributed by atoms with Gasteiger partial charge >= 0.3 is 0 Å². The van der Waals surface area contributed by atoms with Crippen LogP contribution in [0.2, 0.25) is 0 Å². The van der Waals surface area contributed by atoms with Crippen molar-refractivity contribution in [1.82, 2.24) is 20.4 Å². The summed E-state index contributed by atoms with van der Waals surface area (Å²) >= 11 is 0. The van der Waals surface area contributed by atoms with Crippen LogP contribution in [0.15, 0.2) is 4.99 Å². The Morgan fingerprint density at radius 1 is 1.04 bits per heavy atom. The molecule has 0 unspecified atom stereocenters. The minimum atomic E-state index is 0. The molecule has 0 aromatic rings. The van der Waals surface area contributed by atoms with Crippen molar-refractivity contribution in [2.75, 3.05) is 59.4 Å². The third kappa shape index (κ3) is 10.7. The molecule has 0 saturated carbocycles. The molecule has 0 bridgehead atoms. The number of nitrogens with one attached hydrogen (secondary N) is 2. The molecule has 1 fully saturated rings. The zero-order chi connectivity index (χ0) is 16.9. The largest absolute Gasteiger partial charge is 0.357 e. The number of hydrogen-bond acceptors (Lipinski definition) is 3. The lowest BCUT2D eigenvalue weighted by Gasteiger charge is -2.20. The van der Waals surface area contributed by atoms with Crippen LogP contribution in [0.1, 0.15) is 46.5 Å². The van der Waals surface area contributed by atoms with Crippen LogP contribution in [0.5, 0.6) is 0 Å². The van der Waals surface area contributed by atoms with Gasteiger partial charge in [-0.1, -0.05) is 26.7 Å². The van der Waals surface area contributed by atoms with Crippen molar-refractivity contribution in [3.63, 3.8) is 0 Å². The smallest absolute Gasteiger partial charge is 0.191 e. The molecule has 1 aliphatic rings. The van der Waals surface area contributed by atoms with E-state index in [4.69, 9.17) is 4.99 Å². The fraction of sp³-hybridized carbons (Fsp3) is 0.944. The van der Waals surface area contributed by atoms with E-state index in [9.17, 15) is 0 Å². The van der Waals surface area contributed by atoms with Crippen LogP contribution < -0.4 is 10.6 Å². The summed E-state index contributed by atoms with van der Waals surface area (Å²) < 4.78 is 0. The summed E-state index contributed by atoms with van der Waals surface area (Å²) in [5.41, 5.74) is 0. The van der Waals surface area contributed by atoms with Gasteiger partial charge in [0.05, 0.1) is 0 Å². The van der Waals surface area contributed by atoms with Gasteiger partial charge in [0, 0.05) is 32.7 Å². The van der Waals surface area contributed by atoms with Crippen molar-refractivity contribution in [3.8, 4) is 0 Å². The first-order valence-electron chi connectivity index (χ1n) is 9.62. The minimum Gasteiger partial charge on any atom is -0.357 e. The summed E-state index contributed by atoms with van der Waals surface area (Å²) in [4.78, 5) is 9.77. The maximum absolute atomic E-state index is 4.74. The Morgan fingerprint density at radius 3 is 2.46 bits per heavy atom. The lowest BCUT2D eigenvalue weighted by molar-refractivity contribution is 0.274. The molecule has 1 heterocycles. The molecule has 0 aromatic heterocycles. The molecule has 0 radical (unpaired) electrons. The highest BCUT2D eigenvalue weighted by molar-refractivity contribution is 14.0. The van der Waals surface area contributed by atoms with Gasteiger partial charge < -0.3 is 20.4 Å². The molecule has 1 saturated heterocycles. The third-order valence-electron chi connectivity index (χ3n) is 4.76. The predicted molar refractivity (Wildman–Crippen MR) is 117 cm³/mol. The van der Waals surface area contributed by atoms with Crippen molar-refractivity contribution >= 4 is 29.9 Å². The van der Waals surface area contributed by atoms with Crippen LogP contribution in [-0.2, 0) is 0 Å². The van der Waals surface area contributed by atoms with Gasteiger partial charge in [-0.3, -0.25) is 4.99 Å². The van der Waals surface area contributed by atoms with E-state index >= 15 is 0 Å². The molecular formula is C18H40IN5. The molecule has 24 heavy (non-hydrogen) atoms. The molecule has 0 amide bonds. The fourth-order valence-electron chi connectivity index (χ4n) is 2.94. The molecule has 0 spiro atoms. The van der Waals surface area contributed by atoms with Gasteiger partial charge in [0.25, 0.3) is 0 Å². The van der Waals surface area contributed by atoms with Crippen molar-refractivity contribution in [3.05, 3.63) is 0 Å². The molecule has 2 N–H and O–H groups in total. The van der Waals surface area contributed by atoms with Crippen LogP contribution >= 0.6 is 24.0 Å². The van der Waals surface area contributed by atoms with Crippen LogP contribution in [0, 0.1) is 5.92 Å². The Kier molecular flexibility index (Phi) is 15.1. The first kappa shape index (κ1) is 23.9. The quantitative estimate of drug-likeness (QED) is 0.244. The standard InChI is InChI=1S/C18H39N5.HI/c1-5-17(6-2)16-21-18(19-7-3)20-10-8-12-23-13-9-11-22(4)14-15-23;/h17H,5-16H2,1-4H3,(H2,19,20,21);1H. The van der Waals surface area contributed by atoms with Gasteiger partial charge in [0.15, 0.2) is 5.96 Å². The van der Waals surface area contributed by atoms with Crippen LogP contribution in [0.3, 0.4) is 0 Å². The number of hydrogen-bond donors (Lipinski definition) is 2. The van der Waals surface area contributed by atoms with Gasteiger partial charge in [-0.2, -0.15) is 0 Å². The minimum absolute atomic E-state index is 0. The van der Waals surface area contributed by atoms with E-state index in [1.165, 1.54) is 58.4 Å². The molecule has 1 aliphatic heterocycles.